The van der Waals surface area contributed by atoms with Crippen LogP contribution in [-0.4, -0.2) is 77.6 Å². The number of ether oxygens (including phenoxy) is 1. The Labute approximate surface area is 213 Å². The topological polar surface area (TPSA) is 72.6 Å². The average molecular weight is 489 g/mol. The zero-order valence-electron chi connectivity index (χ0n) is 21.4. The Kier molecular flexibility index (Phi) is 7.58. The minimum atomic E-state index is 0.0230. The maximum absolute atomic E-state index is 13.3. The van der Waals surface area contributed by atoms with Gasteiger partial charge in [-0.2, -0.15) is 0 Å². The van der Waals surface area contributed by atoms with Crippen molar-refractivity contribution < 1.29 is 9.53 Å². The van der Waals surface area contributed by atoms with Crippen LogP contribution in [-0.2, 0) is 22.6 Å². The van der Waals surface area contributed by atoms with Crippen molar-refractivity contribution in [2.75, 3.05) is 39.9 Å². The molecular weight excluding hydrogens is 453 g/mol. The number of benzene rings is 1. The van der Waals surface area contributed by atoms with Crippen LogP contribution in [0.25, 0.3) is 11.0 Å². The smallest absolute Gasteiger partial charge is 0.329 e. The fourth-order valence-electron chi connectivity index (χ4n) is 5.89. The number of hydrogen-bond donors (Lipinski definition) is 0. The molecule has 0 unspecified atom stereocenters. The second-order valence-electron chi connectivity index (χ2n) is 10.2. The first-order chi connectivity index (χ1) is 17.5. The van der Waals surface area contributed by atoms with E-state index in [1.54, 1.807) is 7.11 Å². The third-order valence-corrected chi connectivity index (χ3v) is 7.83. The van der Waals surface area contributed by atoms with Gasteiger partial charge in [-0.15, -0.1) is 0 Å². The van der Waals surface area contributed by atoms with Crippen molar-refractivity contribution in [2.24, 2.45) is 5.92 Å². The van der Waals surface area contributed by atoms with Gasteiger partial charge in [0.25, 0.3) is 0 Å². The molecule has 2 fully saturated rings. The summed E-state index contributed by atoms with van der Waals surface area (Å²) < 4.78 is 8.99. The first-order valence-corrected chi connectivity index (χ1v) is 13.2. The standard InChI is InChI=1S/C27H36BN5O3/c1-36-17-16-32-23-4-2-3-5-24(23)33(27(32)35)22-9-14-31(15-10-22)26(34)21-7-12-30(13-8-21)19-20-6-11-29-25(28)18-20/h2-6,11,18,21-22H,7-10,12-17,19,28H2,1H3. The van der Waals surface area contributed by atoms with E-state index >= 15 is 0 Å². The molecule has 2 aliphatic heterocycles. The number of fused-ring (bicyclic) bond motifs is 1. The number of hydrogen-bond acceptors (Lipinski definition) is 5. The molecule has 0 atom stereocenters. The van der Waals surface area contributed by atoms with Gasteiger partial charge in [-0.3, -0.25) is 23.8 Å². The molecule has 0 aliphatic carbocycles. The van der Waals surface area contributed by atoms with Crippen LogP contribution in [0.15, 0.2) is 47.4 Å². The first-order valence-electron chi connectivity index (χ1n) is 13.2. The highest BCUT2D eigenvalue weighted by Gasteiger charge is 2.32. The van der Waals surface area contributed by atoms with Gasteiger partial charge in [-0.05, 0) is 74.2 Å². The minimum absolute atomic E-state index is 0.0230. The number of piperidine rings is 2. The average Bonchev–Trinajstić information content (AvgIpc) is 3.18. The highest BCUT2D eigenvalue weighted by atomic mass is 16.5. The molecule has 2 aliphatic rings. The number of nitrogens with zero attached hydrogens (tertiary/aromatic N) is 5. The Bertz CT molecular complexity index is 1260. The SMILES string of the molecule is Bc1cc(CN2CCC(C(=O)N3CCC(n4c(=O)n(CCOC)c5ccccc54)CC3)CC2)ccn1. The third-order valence-electron chi connectivity index (χ3n) is 7.83. The van der Waals surface area contributed by atoms with Crippen molar-refractivity contribution in [1.29, 1.82) is 0 Å². The van der Waals surface area contributed by atoms with Crippen molar-refractivity contribution in [3.05, 3.63) is 58.6 Å². The van der Waals surface area contributed by atoms with Crippen molar-refractivity contribution in [1.82, 2.24) is 23.9 Å². The van der Waals surface area contributed by atoms with Gasteiger partial charge < -0.3 is 9.64 Å². The maximum atomic E-state index is 13.3. The number of carbonyl (C=O) groups is 1. The van der Waals surface area contributed by atoms with Crippen molar-refractivity contribution in [2.45, 2.75) is 44.8 Å². The summed E-state index contributed by atoms with van der Waals surface area (Å²) in [7, 11) is 3.68. The van der Waals surface area contributed by atoms with E-state index in [-0.39, 0.29) is 17.6 Å². The molecule has 0 bridgehead atoms. The minimum Gasteiger partial charge on any atom is -0.383 e. The molecular formula is C27H36BN5O3. The highest BCUT2D eigenvalue weighted by molar-refractivity contribution is 6.30. The molecule has 5 rings (SSSR count). The van der Waals surface area contributed by atoms with E-state index in [1.807, 2.05) is 52.3 Å². The molecule has 0 radical (unpaired) electrons. The largest absolute Gasteiger partial charge is 0.383 e. The molecule has 4 heterocycles. The van der Waals surface area contributed by atoms with Crippen LogP contribution in [0.4, 0.5) is 0 Å². The summed E-state index contributed by atoms with van der Waals surface area (Å²) in [6, 6.07) is 12.3. The molecule has 36 heavy (non-hydrogen) atoms. The fourth-order valence-corrected chi connectivity index (χ4v) is 5.89. The number of amides is 1. The number of para-hydroxylation sites is 2. The quantitative estimate of drug-likeness (QED) is 0.467. The molecule has 3 aromatic rings. The van der Waals surface area contributed by atoms with E-state index < -0.39 is 0 Å². The Balaban J connectivity index is 1.18. The molecule has 2 saturated heterocycles. The highest BCUT2D eigenvalue weighted by Crippen LogP contribution is 2.28. The van der Waals surface area contributed by atoms with E-state index in [2.05, 4.69) is 22.0 Å². The predicted molar refractivity (Wildman–Crippen MR) is 143 cm³/mol. The molecule has 2 aromatic heterocycles. The molecule has 0 spiro atoms. The van der Waals surface area contributed by atoms with Gasteiger partial charge in [0.1, 0.15) is 0 Å². The zero-order chi connectivity index (χ0) is 25.1. The van der Waals surface area contributed by atoms with Crippen molar-refractivity contribution in [3.63, 3.8) is 0 Å². The van der Waals surface area contributed by atoms with Crippen LogP contribution in [0.3, 0.4) is 0 Å². The second-order valence-corrected chi connectivity index (χ2v) is 10.2. The van der Waals surface area contributed by atoms with Gasteiger partial charge >= 0.3 is 5.69 Å². The zero-order valence-corrected chi connectivity index (χ0v) is 21.4. The van der Waals surface area contributed by atoms with Gasteiger partial charge in [0, 0.05) is 44.9 Å². The second kappa shape index (κ2) is 11.0. The Morgan fingerprint density at radius 2 is 1.78 bits per heavy atom. The Morgan fingerprint density at radius 1 is 1.06 bits per heavy atom. The Hall–Kier alpha value is -2.91. The number of methoxy groups -OCH3 is 1. The van der Waals surface area contributed by atoms with E-state index in [4.69, 9.17) is 4.74 Å². The number of pyridine rings is 1. The Morgan fingerprint density at radius 3 is 2.47 bits per heavy atom. The summed E-state index contributed by atoms with van der Waals surface area (Å²) >= 11 is 0. The summed E-state index contributed by atoms with van der Waals surface area (Å²) in [5, 5.41) is 0. The molecule has 190 valence electrons. The molecule has 1 amide bonds. The fraction of sp³-hybridized carbons (Fsp3) is 0.519. The number of aromatic nitrogens is 3. The van der Waals surface area contributed by atoms with Gasteiger partial charge in [-0.25, -0.2) is 4.79 Å². The first kappa shape index (κ1) is 24.8. The van der Waals surface area contributed by atoms with E-state index in [9.17, 15) is 9.59 Å². The van der Waals surface area contributed by atoms with Crippen molar-refractivity contribution >= 4 is 30.4 Å². The number of imidazole rings is 1. The summed E-state index contributed by atoms with van der Waals surface area (Å²) in [4.78, 5) is 35.4. The summed E-state index contributed by atoms with van der Waals surface area (Å²) in [6.07, 6.45) is 5.31. The molecule has 8 nitrogen and oxygen atoms in total. The van der Waals surface area contributed by atoms with Gasteiger partial charge in [-0.1, -0.05) is 12.1 Å². The predicted octanol–water partition coefficient (Wildman–Crippen LogP) is 1.18. The monoisotopic (exact) mass is 489 g/mol. The van der Waals surface area contributed by atoms with E-state index in [0.717, 1.165) is 61.9 Å². The van der Waals surface area contributed by atoms with E-state index in [1.165, 1.54) is 5.56 Å². The van der Waals surface area contributed by atoms with Crippen LogP contribution in [0.5, 0.6) is 0 Å². The van der Waals surface area contributed by atoms with Crippen LogP contribution >= 0.6 is 0 Å². The van der Waals surface area contributed by atoms with Crippen molar-refractivity contribution in [3.8, 4) is 0 Å². The van der Waals surface area contributed by atoms with Crippen LogP contribution in [0.1, 0.15) is 37.3 Å². The lowest BCUT2D eigenvalue weighted by Gasteiger charge is -2.37. The number of likely N-dealkylation sites (tertiary alicyclic amines) is 2. The third kappa shape index (κ3) is 5.13. The van der Waals surface area contributed by atoms with Gasteiger partial charge in [0.2, 0.25) is 5.91 Å². The molecule has 0 N–H and O–H groups in total. The number of carbonyl (C=O) groups excluding carboxylic acids is 1. The van der Waals surface area contributed by atoms with Crippen LogP contribution < -0.4 is 11.3 Å². The normalized spacial score (nSPS) is 18.2. The van der Waals surface area contributed by atoms with Crippen LogP contribution in [0.2, 0.25) is 0 Å². The maximum Gasteiger partial charge on any atom is 0.329 e. The lowest BCUT2D eigenvalue weighted by molar-refractivity contribution is -0.138. The van der Waals surface area contributed by atoms with E-state index in [0.29, 0.717) is 32.1 Å². The summed E-state index contributed by atoms with van der Waals surface area (Å²) in [5.74, 6) is 0.401. The molecule has 1 aromatic carbocycles. The van der Waals surface area contributed by atoms with Crippen LogP contribution in [0, 0.1) is 5.92 Å². The van der Waals surface area contributed by atoms with Gasteiger partial charge in [0.15, 0.2) is 7.85 Å². The summed E-state index contributed by atoms with van der Waals surface area (Å²) in [5.41, 5.74) is 4.28. The van der Waals surface area contributed by atoms with Gasteiger partial charge in [0.05, 0.1) is 24.2 Å². The lowest BCUT2D eigenvalue weighted by atomic mass is 9.93. The lowest BCUT2D eigenvalue weighted by Crippen LogP contribution is -2.46. The molecule has 9 heteroatoms. The summed E-state index contributed by atoms with van der Waals surface area (Å²) in [6.45, 7) is 5.28. The molecule has 0 saturated carbocycles. The number of rotatable bonds is 7.